The van der Waals surface area contributed by atoms with Crippen molar-refractivity contribution in [2.24, 2.45) is 0 Å². The molecule has 5 nitrogen and oxygen atoms in total. The zero-order valence-corrected chi connectivity index (χ0v) is 13.7. The summed E-state index contributed by atoms with van der Waals surface area (Å²) in [5.41, 5.74) is 2.08. The van der Waals surface area contributed by atoms with Gasteiger partial charge in [-0.2, -0.15) is 0 Å². The van der Waals surface area contributed by atoms with Crippen LogP contribution in [0.25, 0.3) is 0 Å². The maximum atomic E-state index is 12.2. The van der Waals surface area contributed by atoms with Gasteiger partial charge in [-0.05, 0) is 56.4 Å². The minimum atomic E-state index is -0.00364. The van der Waals surface area contributed by atoms with Crippen molar-refractivity contribution in [2.45, 2.75) is 38.1 Å². The topological polar surface area (TPSA) is 55.8 Å². The van der Waals surface area contributed by atoms with Crippen molar-refractivity contribution in [1.82, 2.24) is 4.90 Å². The Hall–Kier alpha value is -1.59. The van der Waals surface area contributed by atoms with E-state index in [4.69, 9.17) is 5.11 Å². The van der Waals surface area contributed by atoms with Crippen LogP contribution in [0.2, 0.25) is 0 Å². The molecule has 23 heavy (non-hydrogen) atoms. The van der Waals surface area contributed by atoms with Crippen molar-refractivity contribution in [3.05, 3.63) is 24.3 Å². The minimum Gasteiger partial charge on any atom is -0.395 e. The number of carbonyl (C=O) groups is 1. The van der Waals surface area contributed by atoms with E-state index in [1.165, 1.54) is 24.9 Å². The lowest BCUT2D eigenvalue weighted by atomic mass is 10.1. The molecule has 0 radical (unpaired) electrons. The molecule has 1 aliphatic heterocycles. The Labute approximate surface area is 138 Å². The highest BCUT2D eigenvalue weighted by atomic mass is 16.3. The molecule has 126 valence electrons. The summed E-state index contributed by atoms with van der Waals surface area (Å²) in [6.07, 6.45) is 6.13. The van der Waals surface area contributed by atoms with Gasteiger partial charge in [-0.3, -0.25) is 9.69 Å². The Balaban J connectivity index is 1.51. The molecule has 1 amide bonds. The van der Waals surface area contributed by atoms with E-state index in [1.807, 2.05) is 12.1 Å². The fraction of sp³-hybridized carbons (Fsp3) is 0.611. The predicted octanol–water partition coefficient (Wildman–Crippen LogP) is 2.07. The average Bonchev–Trinajstić information content (AvgIpc) is 3.41. The van der Waals surface area contributed by atoms with Gasteiger partial charge in [0.1, 0.15) is 0 Å². The first-order valence-corrected chi connectivity index (χ1v) is 8.76. The minimum absolute atomic E-state index is 0.00364. The molecular formula is C18H27N3O2. The van der Waals surface area contributed by atoms with Crippen LogP contribution in [0, 0.1) is 0 Å². The second-order valence-electron chi connectivity index (χ2n) is 6.57. The quantitative estimate of drug-likeness (QED) is 0.808. The third-order valence-corrected chi connectivity index (χ3v) is 4.67. The van der Waals surface area contributed by atoms with Crippen LogP contribution in [-0.2, 0) is 4.79 Å². The van der Waals surface area contributed by atoms with Crippen molar-refractivity contribution >= 4 is 17.3 Å². The Morgan fingerprint density at radius 3 is 2.48 bits per heavy atom. The molecular weight excluding hydrogens is 290 g/mol. The standard InChI is InChI=1S/C18H27N3O2/c22-13-12-21(17-8-9-17)14-18(23)19-15-4-6-16(7-5-15)20-10-2-1-3-11-20/h4-7,17,22H,1-3,8-14H2,(H,19,23). The zero-order valence-electron chi connectivity index (χ0n) is 13.7. The van der Waals surface area contributed by atoms with E-state index in [-0.39, 0.29) is 12.5 Å². The molecule has 1 aromatic rings. The van der Waals surface area contributed by atoms with Crippen molar-refractivity contribution < 1.29 is 9.90 Å². The molecule has 2 N–H and O–H groups in total. The van der Waals surface area contributed by atoms with Gasteiger partial charge in [-0.1, -0.05) is 0 Å². The largest absolute Gasteiger partial charge is 0.395 e. The number of carbonyl (C=O) groups excluding carboxylic acids is 1. The van der Waals surface area contributed by atoms with Crippen LogP contribution < -0.4 is 10.2 Å². The normalized spacial score (nSPS) is 18.3. The maximum Gasteiger partial charge on any atom is 0.238 e. The first-order chi connectivity index (χ1) is 11.3. The summed E-state index contributed by atoms with van der Waals surface area (Å²) in [7, 11) is 0. The van der Waals surface area contributed by atoms with Gasteiger partial charge in [0, 0.05) is 37.1 Å². The van der Waals surface area contributed by atoms with Crippen LogP contribution in [0.5, 0.6) is 0 Å². The van der Waals surface area contributed by atoms with Crippen LogP contribution in [0.15, 0.2) is 24.3 Å². The highest BCUT2D eigenvalue weighted by Crippen LogP contribution is 2.26. The molecule has 1 saturated heterocycles. The lowest BCUT2D eigenvalue weighted by Gasteiger charge is -2.28. The third-order valence-electron chi connectivity index (χ3n) is 4.67. The molecule has 1 aromatic carbocycles. The van der Waals surface area contributed by atoms with Crippen LogP contribution >= 0.6 is 0 Å². The van der Waals surface area contributed by atoms with Gasteiger partial charge < -0.3 is 15.3 Å². The van der Waals surface area contributed by atoms with E-state index in [0.29, 0.717) is 19.1 Å². The molecule has 1 heterocycles. The van der Waals surface area contributed by atoms with Gasteiger partial charge in [-0.15, -0.1) is 0 Å². The van der Waals surface area contributed by atoms with Gasteiger partial charge in [-0.25, -0.2) is 0 Å². The van der Waals surface area contributed by atoms with Crippen molar-refractivity contribution in [2.75, 3.05) is 43.0 Å². The molecule has 2 fully saturated rings. The summed E-state index contributed by atoms with van der Waals surface area (Å²) in [6.45, 7) is 3.30. The van der Waals surface area contributed by atoms with Crippen molar-refractivity contribution in [3.63, 3.8) is 0 Å². The summed E-state index contributed by atoms with van der Waals surface area (Å²) in [6, 6.07) is 8.63. The Bertz CT molecular complexity index is 508. The molecule has 1 aliphatic carbocycles. The number of amides is 1. The Morgan fingerprint density at radius 1 is 1.17 bits per heavy atom. The molecule has 3 rings (SSSR count). The van der Waals surface area contributed by atoms with Crippen molar-refractivity contribution in [1.29, 1.82) is 0 Å². The van der Waals surface area contributed by atoms with Crippen LogP contribution in [0.1, 0.15) is 32.1 Å². The molecule has 0 unspecified atom stereocenters. The third kappa shape index (κ3) is 4.69. The summed E-state index contributed by atoms with van der Waals surface area (Å²) >= 11 is 0. The zero-order chi connectivity index (χ0) is 16.1. The van der Waals surface area contributed by atoms with E-state index in [1.54, 1.807) is 0 Å². The smallest absolute Gasteiger partial charge is 0.238 e. The first-order valence-electron chi connectivity index (χ1n) is 8.76. The summed E-state index contributed by atoms with van der Waals surface area (Å²) in [5, 5.41) is 12.1. The van der Waals surface area contributed by atoms with Crippen LogP contribution in [0.3, 0.4) is 0 Å². The second-order valence-corrected chi connectivity index (χ2v) is 6.57. The van der Waals surface area contributed by atoms with Crippen LogP contribution in [0.4, 0.5) is 11.4 Å². The van der Waals surface area contributed by atoms with E-state index >= 15 is 0 Å². The molecule has 0 aromatic heterocycles. The molecule has 0 spiro atoms. The molecule has 0 atom stereocenters. The van der Waals surface area contributed by atoms with Gasteiger partial charge in [0.2, 0.25) is 5.91 Å². The first kappa shape index (κ1) is 16.3. The number of nitrogens with one attached hydrogen (secondary N) is 1. The monoisotopic (exact) mass is 317 g/mol. The number of nitrogens with zero attached hydrogens (tertiary/aromatic N) is 2. The Morgan fingerprint density at radius 2 is 1.87 bits per heavy atom. The van der Waals surface area contributed by atoms with E-state index in [9.17, 15) is 4.79 Å². The number of hydrogen-bond donors (Lipinski definition) is 2. The number of piperidine rings is 1. The van der Waals surface area contributed by atoms with Crippen LogP contribution in [-0.4, -0.2) is 54.7 Å². The lowest BCUT2D eigenvalue weighted by Crippen LogP contribution is -2.36. The Kier molecular flexibility index (Phi) is 5.51. The van der Waals surface area contributed by atoms with E-state index in [0.717, 1.165) is 31.6 Å². The van der Waals surface area contributed by atoms with Gasteiger partial charge in [0.25, 0.3) is 0 Å². The number of aliphatic hydroxyl groups is 1. The fourth-order valence-electron chi connectivity index (χ4n) is 3.25. The number of benzene rings is 1. The maximum absolute atomic E-state index is 12.2. The summed E-state index contributed by atoms with van der Waals surface area (Å²) < 4.78 is 0. The predicted molar refractivity (Wildman–Crippen MR) is 92.8 cm³/mol. The SMILES string of the molecule is O=C(CN(CCO)C1CC1)Nc1ccc(N2CCCCC2)cc1. The number of aliphatic hydroxyl groups excluding tert-OH is 1. The average molecular weight is 317 g/mol. The van der Waals surface area contributed by atoms with Gasteiger partial charge in [0.15, 0.2) is 0 Å². The number of anilines is 2. The molecule has 0 bridgehead atoms. The van der Waals surface area contributed by atoms with Gasteiger partial charge in [0.05, 0.1) is 13.2 Å². The fourth-order valence-corrected chi connectivity index (χ4v) is 3.25. The molecule has 5 heteroatoms. The highest BCUT2D eigenvalue weighted by Gasteiger charge is 2.29. The van der Waals surface area contributed by atoms with E-state index in [2.05, 4.69) is 27.2 Å². The highest BCUT2D eigenvalue weighted by molar-refractivity contribution is 5.92. The molecule has 1 saturated carbocycles. The van der Waals surface area contributed by atoms with Crippen molar-refractivity contribution in [3.8, 4) is 0 Å². The molecule has 2 aliphatic rings. The second kappa shape index (κ2) is 7.79. The van der Waals surface area contributed by atoms with Gasteiger partial charge >= 0.3 is 0 Å². The summed E-state index contributed by atoms with van der Waals surface area (Å²) in [5.74, 6) is -0.00364. The number of rotatable bonds is 7. The lowest BCUT2D eigenvalue weighted by molar-refractivity contribution is -0.117. The summed E-state index contributed by atoms with van der Waals surface area (Å²) in [4.78, 5) is 16.6. The van der Waals surface area contributed by atoms with E-state index < -0.39 is 0 Å². The number of hydrogen-bond acceptors (Lipinski definition) is 4.